The van der Waals surface area contributed by atoms with E-state index in [-0.39, 0.29) is 31.4 Å². The summed E-state index contributed by atoms with van der Waals surface area (Å²) >= 11 is 7.25. The van der Waals surface area contributed by atoms with Gasteiger partial charge in [-0.05, 0) is 73.5 Å². The van der Waals surface area contributed by atoms with Gasteiger partial charge in [0.1, 0.15) is 5.25 Å². The highest BCUT2D eigenvalue weighted by atomic mass is 35.5. The van der Waals surface area contributed by atoms with Gasteiger partial charge in [0.15, 0.2) is 5.17 Å². The molecule has 1 heterocycles. The van der Waals surface area contributed by atoms with Crippen molar-refractivity contribution in [2.75, 3.05) is 11.9 Å². The molecule has 190 valence electrons. The van der Waals surface area contributed by atoms with Crippen LogP contribution >= 0.6 is 23.4 Å². The van der Waals surface area contributed by atoms with Crippen molar-refractivity contribution in [1.29, 1.82) is 0 Å². The van der Waals surface area contributed by atoms with E-state index in [1.165, 1.54) is 11.8 Å². The van der Waals surface area contributed by atoms with Gasteiger partial charge in [-0.3, -0.25) is 14.5 Å². The normalized spacial score (nSPS) is 16.5. The molecule has 1 fully saturated rings. The number of nitrogens with one attached hydrogen (secondary N) is 1. The molecule has 7 nitrogen and oxygen atoms in total. The molecule has 1 atom stereocenters. The van der Waals surface area contributed by atoms with Gasteiger partial charge in [0.25, 0.3) is 0 Å². The Morgan fingerprint density at radius 1 is 1.11 bits per heavy atom. The number of hydrogen-bond acceptors (Lipinski definition) is 6. The minimum absolute atomic E-state index is 0.0384. The van der Waals surface area contributed by atoms with E-state index in [2.05, 4.69) is 5.32 Å². The van der Waals surface area contributed by atoms with E-state index < -0.39 is 11.2 Å². The van der Waals surface area contributed by atoms with Gasteiger partial charge in [0.2, 0.25) is 11.8 Å². The summed E-state index contributed by atoms with van der Waals surface area (Å²) < 4.78 is 5.03. The number of halogens is 1. The van der Waals surface area contributed by atoms with Gasteiger partial charge in [-0.2, -0.15) is 0 Å². The SMILES string of the molecule is CCOC(=O)c1ccc(N=C2SC(C(=O)Nc3cccc(C)c3)CC(=O)N2Cc2ccc(Cl)cc2)cc1. The van der Waals surface area contributed by atoms with Gasteiger partial charge in [-0.1, -0.05) is 47.6 Å². The first-order chi connectivity index (χ1) is 17.8. The van der Waals surface area contributed by atoms with Gasteiger partial charge >= 0.3 is 5.97 Å². The van der Waals surface area contributed by atoms with E-state index in [0.29, 0.717) is 27.1 Å². The van der Waals surface area contributed by atoms with Crippen molar-refractivity contribution < 1.29 is 19.1 Å². The Morgan fingerprint density at radius 2 is 1.84 bits per heavy atom. The largest absolute Gasteiger partial charge is 0.462 e. The van der Waals surface area contributed by atoms with Crippen LogP contribution in [0.3, 0.4) is 0 Å². The Bertz CT molecular complexity index is 1330. The first-order valence-corrected chi connectivity index (χ1v) is 13.0. The number of amidine groups is 1. The van der Waals surface area contributed by atoms with E-state index in [0.717, 1.165) is 11.1 Å². The number of nitrogens with zero attached hydrogens (tertiary/aromatic N) is 2. The molecule has 1 unspecified atom stereocenters. The lowest BCUT2D eigenvalue weighted by atomic mass is 10.2. The fourth-order valence-corrected chi connectivity index (χ4v) is 4.94. The molecule has 1 aliphatic rings. The van der Waals surface area contributed by atoms with Gasteiger partial charge < -0.3 is 10.1 Å². The maximum absolute atomic E-state index is 13.3. The Labute approximate surface area is 224 Å². The number of benzene rings is 3. The third-order valence-electron chi connectivity index (χ3n) is 5.57. The lowest BCUT2D eigenvalue weighted by Crippen LogP contribution is -2.44. The van der Waals surface area contributed by atoms with Crippen molar-refractivity contribution in [3.05, 3.63) is 94.5 Å². The van der Waals surface area contributed by atoms with E-state index in [4.69, 9.17) is 21.3 Å². The van der Waals surface area contributed by atoms with Crippen molar-refractivity contribution in [2.24, 2.45) is 4.99 Å². The van der Waals surface area contributed by atoms with Crippen molar-refractivity contribution in [1.82, 2.24) is 4.90 Å². The number of aliphatic imine (C=N–C) groups is 1. The van der Waals surface area contributed by atoms with Crippen LogP contribution in [-0.4, -0.2) is 39.7 Å². The smallest absolute Gasteiger partial charge is 0.338 e. The van der Waals surface area contributed by atoms with E-state index in [1.54, 1.807) is 48.2 Å². The Kier molecular flexibility index (Phi) is 8.63. The summed E-state index contributed by atoms with van der Waals surface area (Å²) in [5, 5.41) is 3.27. The molecule has 0 aromatic heterocycles. The van der Waals surface area contributed by atoms with Crippen molar-refractivity contribution in [3.63, 3.8) is 0 Å². The third kappa shape index (κ3) is 6.99. The number of aryl methyl sites for hydroxylation is 1. The zero-order valence-corrected chi connectivity index (χ0v) is 22.0. The number of carbonyl (C=O) groups excluding carboxylic acids is 3. The van der Waals surface area contributed by atoms with E-state index in [9.17, 15) is 14.4 Å². The summed E-state index contributed by atoms with van der Waals surface area (Å²) in [4.78, 5) is 44.6. The predicted octanol–water partition coefficient (Wildman–Crippen LogP) is 5.99. The molecular formula is C28H26ClN3O4S. The molecule has 37 heavy (non-hydrogen) atoms. The summed E-state index contributed by atoms with van der Waals surface area (Å²) in [6.45, 7) is 4.26. The first kappa shape index (κ1) is 26.4. The average molecular weight is 536 g/mol. The molecule has 0 aliphatic carbocycles. The van der Waals surface area contributed by atoms with Crippen LogP contribution in [0, 0.1) is 6.92 Å². The van der Waals surface area contributed by atoms with Crippen LogP contribution in [0.25, 0.3) is 0 Å². The molecule has 3 aromatic carbocycles. The second-order valence-corrected chi connectivity index (χ2v) is 10.0. The highest BCUT2D eigenvalue weighted by molar-refractivity contribution is 8.15. The van der Waals surface area contributed by atoms with Crippen LogP contribution in [-0.2, 0) is 20.9 Å². The van der Waals surface area contributed by atoms with Crippen LogP contribution in [0.5, 0.6) is 0 Å². The van der Waals surface area contributed by atoms with Crippen LogP contribution in [0.4, 0.5) is 11.4 Å². The summed E-state index contributed by atoms with van der Waals surface area (Å²) in [6.07, 6.45) is 0.0384. The summed E-state index contributed by atoms with van der Waals surface area (Å²) in [7, 11) is 0. The molecule has 1 aliphatic heterocycles. The number of ether oxygens (including phenoxy) is 1. The second-order valence-electron chi connectivity index (χ2n) is 8.44. The summed E-state index contributed by atoms with van der Waals surface area (Å²) in [5.74, 6) is -0.887. The number of carbonyl (C=O) groups is 3. The zero-order chi connectivity index (χ0) is 26.4. The van der Waals surface area contributed by atoms with Gasteiger partial charge in [-0.25, -0.2) is 9.79 Å². The highest BCUT2D eigenvalue weighted by Gasteiger charge is 2.36. The number of amides is 2. The Hall–Kier alpha value is -3.62. The molecule has 3 aromatic rings. The first-order valence-electron chi connectivity index (χ1n) is 11.8. The molecule has 1 saturated heterocycles. The molecule has 0 saturated carbocycles. The number of rotatable bonds is 7. The molecule has 4 rings (SSSR count). The lowest BCUT2D eigenvalue weighted by Gasteiger charge is -2.32. The third-order valence-corrected chi connectivity index (χ3v) is 7.01. The summed E-state index contributed by atoms with van der Waals surface area (Å²) in [5.41, 5.74) is 3.53. The van der Waals surface area contributed by atoms with Gasteiger partial charge in [0, 0.05) is 17.1 Å². The van der Waals surface area contributed by atoms with Crippen molar-refractivity contribution >= 4 is 57.7 Å². The molecular weight excluding hydrogens is 510 g/mol. The lowest BCUT2D eigenvalue weighted by molar-refractivity contribution is -0.129. The number of esters is 1. The van der Waals surface area contributed by atoms with Crippen LogP contribution in [0.1, 0.15) is 34.8 Å². The fraction of sp³-hybridized carbons (Fsp3) is 0.214. The van der Waals surface area contributed by atoms with Gasteiger partial charge in [0.05, 0.1) is 24.4 Å². The second kappa shape index (κ2) is 12.1. The summed E-state index contributed by atoms with van der Waals surface area (Å²) in [6, 6.07) is 21.3. The number of anilines is 1. The van der Waals surface area contributed by atoms with E-state index in [1.807, 2.05) is 43.3 Å². The number of thioether (sulfide) groups is 1. The van der Waals surface area contributed by atoms with Crippen LogP contribution < -0.4 is 5.32 Å². The molecule has 0 bridgehead atoms. The highest BCUT2D eigenvalue weighted by Crippen LogP contribution is 2.31. The van der Waals surface area contributed by atoms with Crippen LogP contribution in [0.15, 0.2) is 77.8 Å². The molecule has 1 N–H and O–H groups in total. The van der Waals surface area contributed by atoms with Gasteiger partial charge in [-0.15, -0.1) is 0 Å². The fourth-order valence-electron chi connectivity index (χ4n) is 3.71. The van der Waals surface area contributed by atoms with Crippen LogP contribution in [0.2, 0.25) is 5.02 Å². The molecule has 0 spiro atoms. The van der Waals surface area contributed by atoms with E-state index >= 15 is 0 Å². The standard InChI is InChI=1S/C28H26ClN3O4S/c1-3-36-27(35)20-9-13-22(14-10-20)31-28-32(17-19-7-11-21(29)12-8-19)25(33)16-24(37-28)26(34)30-23-6-4-5-18(2)15-23/h4-15,24H,3,16-17H2,1-2H3,(H,30,34). The number of hydrogen-bond donors (Lipinski definition) is 1. The average Bonchev–Trinajstić information content (AvgIpc) is 2.87. The predicted molar refractivity (Wildman–Crippen MR) is 147 cm³/mol. The quantitative estimate of drug-likeness (QED) is 0.376. The minimum Gasteiger partial charge on any atom is -0.462 e. The maximum atomic E-state index is 13.3. The molecule has 9 heteroatoms. The monoisotopic (exact) mass is 535 g/mol. The maximum Gasteiger partial charge on any atom is 0.338 e. The van der Waals surface area contributed by atoms with Crippen molar-refractivity contribution in [2.45, 2.75) is 32.1 Å². The zero-order valence-electron chi connectivity index (χ0n) is 20.4. The molecule has 0 radical (unpaired) electrons. The Balaban J connectivity index is 1.60. The Morgan fingerprint density at radius 3 is 2.51 bits per heavy atom. The van der Waals surface area contributed by atoms with Crippen molar-refractivity contribution in [3.8, 4) is 0 Å². The minimum atomic E-state index is -0.646. The topological polar surface area (TPSA) is 88.1 Å². The molecule has 2 amide bonds.